The van der Waals surface area contributed by atoms with Crippen LogP contribution in [-0.4, -0.2) is 54.8 Å². The van der Waals surface area contributed by atoms with Crippen molar-refractivity contribution in [2.75, 3.05) is 39.4 Å². The Balaban J connectivity index is 1.50. The summed E-state index contributed by atoms with van der Waals surface area (Å²) in [6, 6.07) is 6.15. The van der Waals surface area contributed by atoms with Crippen molar-refractivity contribution in [2.24, 2.45) is 0 Å². The topological polar surface area (TPSA) is 46.5 Å². The van der Waals surface area contributed by atoms with Crippen LogP contribution in [0.1, 0.15) is 18.0 Å². The Labute approximate surface area is 140 Å². The maximum Gasteiger partial charge on any atom is 0.222 e. The molecule has 1 aliphatic heterocycles. The molecule has 5 nitrogen and oxygen atoms in total. The lowest BCUT2D eigenvalue weighted by atomic mass is 10.1. The van der Waals surface area contributed by atoms with Gasteiger partial charge in [-0.2, -0.15) is 11.3 Å². The van der Waals surface area contributed by atoms with Gasteiger partial charge < -0.3 is 14.6 Å². The Morgan fingerprint density at radius 1 is 1.30 bits per heavy atom. The molecule has 3 heterocycles. The highest BCUT2D eigenvalue weighted by atomic mass is 32.1. The van der Waals surface area contributed by atoms with Gasteiger partial charge in [-0.05, 0) is 34.5 Å². The molecule has 1 atom stereocenters. The van der Waals surface area contributed by atoms with Crippen molar-refractivity contribution in [3.63, 3.8) is 0 Å². The molecule has 6 heteroatoms. The number of carbonyl (C=O) groups excluding carboxylic acids is 1. The highest BCUT2D eigenvalue weighted by molar-refractivity contribution is 7.07. The molecule has 23 heavy (non-hydrogen) atoms. The third-order valence-corrected chi connectivity index (χ3v) is 4.85. The molecule has 1 N–H and O–H groups in total. The smallest absolute Gasteiger partial charge is 0.222 e. The molecule has 2 aromatic heterocycles. The van der Waals surface area contributed by atoms with Crippen LogP contribution in [0.2, 0.25) is 0 Å². The van der Waals surface area contributed by atoms with E-state index in [1.54, 1.807) is 11.3 Å². The average Bonchev–Trinajstić information content (AvgIpc) is 3.27. The summed E-state index contributed by atoms with van der Waals surface area (Å²) in [4.78, 5) is 14.6. The lowest BCUT2D eigenvalue weighted by Crippen LogP contribution is -2.41. The van der Waals surface area contributed by atoms with Gasteiger partial charge in [0.1, 0.15) is 0 Å². The minimum absolute atomic E-state index is 0.0691. The first-order valence-corrected chi connectivity index (χ1v) is 8.98. The van der Waals surface area contributed by atoms with Gasteiger partial charge >= 0.3 is 0 Å². The van der Waals surface area contributed by atoms with E-state index in [0.29, 0.717) is 13.0 Å². The average molecular weight is 333 g/mol. The highest BCUT2D eigenvalue weighted by Crippen LogP contribution is 2.24. The van der Waals surface area contributed by atoms with Crippen LogP contribution in [0, 0.1) is 0 Å². The second-order valence-corrected chi connectivity index (χ2v) is 6.49. The number of carbonyl (C=O) groups is 1. The van der Waals surface area contributed by atoms with Crippen molar-refractivity contribution in [1.82, 2.24) is 14.8 Å². The zero-order valence-corrected chi connectivity index (χ0v) is 14.0. The first-order valence-electron chi connectivity index (χ1n) is 8.04. The molecule has 1 fully saturated rings. The molecule has 1 amide bonds. The number of rotatable bonds is 7. The largest absolute Gasteiger partial charge is 0.379 e. The van der Waals surface area contributed by atoms with E-state index in [2.05, 4.69) is 31.6 Å². The van der Waals surface area contributed by atoms with Gasteiger partial charge in [0, 0.05) is 38.6 Å². The molecule has 0 aromatic carbocycles. The van der Waals surface area contributed by atoms with Crippen LogP contribution in [0.4, 0.5) is 0 Å². The van der Waals surface area contributed by atoms with Gasteiger partial charge in [-0.1, -0.05) is 0 Å². The molecular formula is C17H23N3O2S. The number of ether oxygens (including phenoxy) is 1. The minimum atomic E-state index is 0.0691. The number of nitrogens with one attached hydrogen (secondary N) is 1. The number of hydrogen-bond acceptors (Lipinski definition) is 4. The third-order valence-electron chi connectivity index (χ3n) is 4.15. The van der Waals surface area contributed by atoms with Crippen molar-refractivity contribution in [2.45, 2.75) is 12.5 Å². The first kappa shape index (κ1) is 16.2. The van der Waals surface area contributed by atoms with Gasteiger partial charge in [0.05, 0.1) is 25.7 Å². The normalized spacial score (nSPS) is 17.0. The van der Waals surface area contributed by atoms with E-state index in [1.807, 2.05) is 24.5 Å². The molecule has 3 rings (SSSR count). The maximum absolute atomic E-state index is 12.3. The van der Waals surface area contributed by atoms with E-state index in [9.17, 15) is 4.79 Å². The monoisotopic (exact) mass is 333 g/mol. The standard InChI is InChI=1S/C17H23N3O2S/c21-17(18-4-7-19-8-10-22-11-9-19)13-16(15-3-12-23-14-15)20-5-1-2-6-20/h1-3,5-6,12,14,16H,4,7-11,13H2,(H,18,21)/t16-/m0/s1. The van der Waals surface area contributed by atoms with E-state index < -0.39 is 0 Å². The van der Waals surface area contributed by atoms with Crippen LogP contribution in [-0.2, 0) is 9.53 Å². The lowest BCUT2D eigenvalue weighted by Gasteiger charge is -2.26. The molecule has 0 spiro atoms. The van der Waals surface area contributed by atoms with Crippen molar-refractivity contribution in [1.29, 1.82) is 0 Å². The predicted molar refractivity (Wildman–Crippen MR) is 91.8 cm³/mol. The summed E-state index contributed by atoms with van der Waals surface area (Å²) in [5, 5.41) is 7.23. The van der Waals surface area contributed by atoms with Crippen molar-refractivity contribution in [3.8, 4) is 0 Å². The minimum Gasteiger partial charge on any atom is -0.379 e. The maximum atomic E-state index is 12.3. The van der Waals surface area contributed by atoms with Gasteiger partial charge in [0.15, 0.2) is 0 Å². The van der Waals surface area contributed by atoms with Crippen LogP contribution in [0.25, 0.3) is 0 Å². The van der Waals surface area contributed by atoms with Crippen LogP contribution in [0.5, 0.6) is 0 Å². The summed E-state index contributed by atoms with van der Waals surface area (Å²) in [7, 11) is 0. The highest BCUT2D eigenvalue weighted by Gasteiger charge is 2.18. The Bertz CT molecular complexity index is 543. The van der Waals surface area contributed by atoms with Crippen molar-refractivity contribution in [3.05, 3.63) is 46.9 Å². The predicted octanol–water partition coefficient (Wildman–Crippen LogP) is 1.98. The quantitative estimate of drug-likeness (QED) is 0.843. The molecule has 0 saturated carbocycles. The fourth-order valence-corrected chi connectivity index (χ4v) is 3.55. The molecule has 0 bridgehead atoms. The van der Waals surface area contributed by atoms with Gasteiger partial charge in [-0.15, -0.1) is 0 Å². The second kappa shape index (κ2) is 8.29. The fraction of sp³-hybridized carbons (Fsp3) is 0.471. The number of morpholine rings is 1. The summed E-state index contributed by atoms with van der Waals surface area (Å²) < 4.78 is 7.43. The number of amides is 1. The zero-order chi connectivity index (χ0) is 15.9. The zero-order valence-electron chi connectivity index (χ0n) is 13.2. The SMILES string of the molecule is O=C(C[C@@H](c1ccsc1)n1cccc1)NCCN1CCOCC1. The van der Waals surface area contributed by atoms with Crippen molar-refractivity contribution >= 4 is 17.2 Å². The summed E-state index contributed by atoms with van der Waals surface area (Å²) in [6.45, 7) is 5.08. The molecule has 1 aliphatic rings. The summed E-state index contributed by atoms with van der Waals surface area (Å²) in [5.74, 6) is 0.100. The Morgan fingerprint density at radius 2 is 2.09 bits per heavy atom. The molecule has 1 saturated heterocycles. The number of hydrogen-bond donors (Lipinski definition) is 1. The van der Waals surface area contributed by atoms with Crippen molar-refractivity contribution < 1.29 is 9.53 Å². The van der Waals surface area contributed by atoms with Crippen LogP contribution < -0.4 is 5.32 Å². The van der Waals surface area contributed by atoms with E-state index in [0.717, 1.165) is 32.8 Å². The summed E-state index contributed by atoms with van der Waals surface area (Å²) >= 11 is 1.67. The molecule has 0 unspecified atom stereocenters. The van der Waals surface area contributed by atoms with E-state index in [-0.39, 0.29) is 11.9 Å². The van der Waals surface area contributed by atoms with Gasteiger partial charge in [-0.3, -0.25) is 9.69 Å². The Morgan fingerprint density at radius 3 is 2.78 bits per heavy atom. The Hall–Kier alpha value is -1.63. The summed E-state index contributed by atoms with van der Waals surface area (Å²) in [6.07, 6.45) is 4.50. The number of aromatic nitrogens is 1. The lowest BCUT2D eigenvalue weighted by molar-refractivity contribution is -0.121. The molecule has 124 valence electrons. The number of nitrogens with zero attached hydrogens (tertiary/aromatic N) is 2. The molecule has 2 aromatic rings. The molecule has 0 radical (unpaired) electrons. The number of thiophene rings is 1. The fourth-order valence-electron chi connectivity index (χ4n) is 2.84. The Kier molecular flexibility index (Phi) is 5.85. The van der Waals surface area contributed by atoms with Crippen LogP contribution in [0.15, 0.2) is 41.4 Å². The van der Waals surface area contributed by atoms with E-state index in [4.69, 9.17) is 4.74 Å². The van der Waals surface area contributed by atoms with Gasteiger partial charge in [0.25, 0.3) is 0 Å². The molecular weight excluding hydrogens is 310 g/mol. The van der Waals surface area contributed by atoms with Crippen LogP contribution >= 0.6 is 11.3 Å². The van der Waals surface area contributed by atoms with E-state index >= 15 is 0 Å². The van der Waals surface area contributed by atoms with E-state index in [1.165, 1.54) is 5.56 Å². The molecule has 0 aliphatic carbocycles. The van der Waals surface area contributed by atoms with Gasteiger partial charge in [0.2, 0.25) is 5.91 Å². The summed E-state index contributed by atoms with van der Waals surface area (Å²) in [5.41, 5.74) is 1.19. The second-order valence-electron chi connectivity index (χ2n) is 5.71. The van der Waals surface area contributed by atoms with Crippen LogP contribution in [0.3, 0.4) is 0 Å². The van der Waals surface area contributed by atoms with Gasteiger partial charge in [-0.25, -0.2) is 0 Å². The third kappa shape index (κ3) is 4.67. The first-order chi connectivity index (χ1) is 11.3.